The molecule has 1 aliphatic heterocycles. The molecule has 8 nitrogen and oxygen atoms in total. The van der Waals surface area contributed by atoms with E-state index in [0.717, 1.165) is 49.0 Å². The summed E-state index contributed by atoms with van der Waals surface area (Å²) in [5.41, 5.74) is 2.45. The van der Waals surface area contributed by atoms with Crippen molar-refractivity contribution in [3.05, 3.63) is 55.3 Å². The van der Waals surface area contributed by atoms with Crippen LogP contribution < -0.4 is 16.1 Å². The molecule has 0 unspecified atom stereocenters. The lowest BCUT2D eigenvalue weighted by atomic mass is 10.2. The van der Waals surface area contributed by atoms with Crippen LogP contribution in [0.2, 0.25) is 0 Å². The first-order chi connectivity index (χ1) is 14.0. The van der Waals surface area contributed by atoms with Crippen LogP contribution in [-0.2, 0) is 13.1 Å². The third kappa shape index (κ3) is 3.69. The van der Waals surface area contributed by atoms with Gasteiger partial charge in [0.2, 0.25) is 0 Å². The quantitative estimate of drug-likeness (QED) is 0.703. The number of thiophene rings is 1. The van der Waals surface area contributed by atoms with Gasteiger partial charge in [0.25, 0.3) is 5.56 Å². The molecule has 0 radical (unpaired) electrons. The fourth-order valence-corrected chi connectivity index (χ4v) is 4.88. The molecular weight excluding hydrogens is 388 g/mol. The molecule has 0 bridgehead atoms. The van der Waals surface area contributed by atoms with Crippen LogP contribution in [0.5, 0.6) is 0 Å². The fourth-order valence-electron chi connectivity index (χ4n) is 3.77. The van der Waals surface area contributed by atoms with Gasteiger partial charge in [-0.15, -0.1) is 11.3 Å². The molecule has 1 N–H and O–H groups in total. The first kappa shape index (κ1) is 19.4. The lowest BCUT2D eigenvalue weighted by Crippen LogP contribution is -2.46. The highest BCUT2D eigenvalue weighted by atomic mass is 32.1. The van der Waals surface area contributed by atoms with Gasteiger partial charge in [0.1, 0.15) is 16.5 Å². The minimum Gasteiger partial charge on any atom is -0.368 e. The van der Waals surface area contributed by atoms with E-state index in [2.05, 4.69) is 25.8 Å². The van der Waals surface area contributed by atoms with Crippen molar-refractivity contribution in [2.75, 3.05) is 31.1 Å². The Morgan fingerprint density at radius 2 is 2.00 bits per heavy atom. The Morgan fingerprint density at radius 3 is 2.66 bits per heavy atom. The first-order valence-electron chi connectivity index (χ1n) is 9.60. The Morgan fingerprint density at radius 1 is 1.24 bits per heavy atom. The molecular formula is C20H22N6O2S. The van der Waals surface area contributed by atoms with Gasteiger partial charge >= 0.3 is 5.69 Å². The van der Waals surface area contributed by atoms with Gasteiger partial charge in [-0.05, 0) is 32.0 Å². The molecule has 4 rings (SSSR count). The fraction of sp³-hybridized carbons (Fsp3) is 0.400. The van der Waals surface area contributed by atoms with E-state index in [9.17, 15) is 9.59 Å². The number of nitrogens with zero attached hydrogens (tertiary/aromatic N) is 5. The summed E-state index contributed by atoms with van der Waals surface area (Å²) in [6, 6.07) is 7.73. The van der Waals surface area contributed by atoms with Crippen molar-refractivity contribution in [1.82, 2.24) is 19.4 Å². The summed E-state index contributed by atoms with van der Waals surface area (Å²) in [4.78, 5) is 37.3. The van der Waals surface area contributed by atoms with Crippen molar-refractivity contribution in [3.63, 3.8) is 0 Å². The van der Waals surface area contributed by atoms with Crippen molar-refractivity contribution in [2.45, 2.75) is 26.9 Å². The normalized spacial score (nSPS) is 15.0. The molecule has 29 heavy (non-hydrogen) atoms. The molecule has 0 aromatic carbocycles. The van der Waals surface area contributed by atoms with Crippen LogP contribution in [0, 0.1) is 18.3 Å². The van der Waals surface area contributed by atoms with Crippen molar-refractivity contribution in [2.24, 2.45) is 0 Å². The van der Waals surface area contributed by atoms with Crippen molar-refractivity contribution in [3.8, 4) is 6.07 Å². The second-order valence-corrected chi connectivity index (χ2v) is 8.25. The van der Waals surface area contributed by atoms with E-state index in [1.807, 2.05) is 19.1 Å². The van der Waals surface area contributed by atoms with E-state index in [0.29, 0.717) is 22.5 Å². The van der Waals surface area contributed by atoms with Gasteiger partial charge in [-0.1, -0.05) is 0 Å². The molecule has 4 heterocycles. The van der Waals surface area contributed by atoms with Gasteiger partial charge in [0.05, 0.1) is 16.9 Å². The largest absolute Gasteiger partial charge is 0.368 e. The summed E-state index contributed by atoms with van der Waals surface area (Å²) in [5, 5.41) is 8.98. The zero-order valence-electron chi connectivity index (χ0n) is 16.4. The lowest BCUT2D eigenvalue weighted by Gasteiger charge is -2.36. The van der Waals surface area contributed by atoms with Gasteiger partial charge in [-0.25, -0.2) is 9.78 Å². The SMILES string of the molecule is CCn1c(=O)[nH]c2cc(CN3CCN(c4ccc(C#N)nc4C)CC3)sc2c1=O. The number of rotatable bonds is 4. The Labute approximate surface area is 171 Å². The Kier molecular flexibility index (Phi) is 5.22. The number of hydrogen-bond acceptors (Lipinski definition) is 7. The maximum Gasteiger partial charge on any atom is 0.328 e. The number of aromatic nitrogens is 3. The van der Waals surface area contributed by atoms with E-state index in [-0.39, 0.29) is 11.2 Å². The van der Waals surface area contributed by atoms with E-state index in [1.165, 1.54) is 15.9 Å². The maximum absolute atomic E-state index is 12.5. The highest BCUT2D eigenvalue weighted by Crippen LogP contribution is 2.24. The number of nitrogens with one attached hydrogen (secondary N) is 1. The molecule has 1 fully saturated rings. The number of fused-ring (bicyclic) bond motifs is 1. The van der Waals surface area contributed by atoms with E-state index < -0.39 is 0 Å². The highest BCUT2D eigenvalue weighted by Gasteiger charge is 2.20. The third-order valence-electron chi connectivity index (χ3n) is 5.29. The molecule has 0 atom stereocenters. The summed E-state index contributed by atoms with van der Waals surface area (Å²) in [5.74, 6) is 0. The minimum absolute atomic E-state index is 0.212. The number of aromatic amines is 1. The van der Waals surface area contributed by atoms with Crippen LogP contribution in [0.3, 0.4) is 0 Å². The zero-order chi connectivity index (χ0) is 20.5. The second-order valence-electron chi connectivity index (χ2n) is 7.11. The number of anilines is 1. The summed E-state index contributed by atoms with van der Waals surface area (Å²) >= 11 is 1.46. The Balaban J connectivity index is 1.46. The number of pyridine rings is 1. The summed E-state index contributed by atoms with van der Waals surface area (Å²) in [7, 11) is 0. The van der Waals surface area contributed by atoms with Crippen molar-refractivity contribution >= 4 is 27.2 Å². The third-order valence-corrected chi connectivity index (χ3v) is 6.40. The Hall–Kier alpha value is -2.96. The zero-order valence-corrected chi connectivity index (χ0v) is 17.3. The molecule has 3 aromatic rings. The van der Waals surface area contributed by atoms with Gasteiger partial charge < -0.3 is 9.88 Å². The first-order valence-corrected chi connectivity index (χ1v) is 10.4. The van der Waals surface area contributed by atoms with Crippen molar-refractivity contribution < 1.29 is 0 Å². The van der Waals surface area contributed by atoms with Crippen LogP contribution in [0.4, 0.5) is 5.69 Å². The minimum atomic E-state index is -0.352. The number of aryl methyl sites for hydroxylation is 1. The molecule has 0 spiro atoms. The predicted molar refractivity (Wildman–Crippen MR) is 114 cm³/mol. The van der Waals surface area contributed by atoms with Gasteiger partial charge in [0, 0.05) is 44.1 Å². The monoisotopic (exact) mass is 410 g/mol. The number of nitriles is 1. The molecule has 1 aliphatic rings. The molecule has 0 amide bonds. The highest BCUT2D eigenvalue weighted by molar-refractivity contribution is 7.18. The molecule has 1 saturated heterocycles. The van der Waals surface area contributed by atoms with Crippen molar-refractivity contribution in [1.29, 1.82) is 5.26 Å². The average Bonchev–Trinajstić information content (AvgIpc) is 3.11. The number of hydrogen-bond donors (Lipinski definition) is 1. The van der Waals surface area contributed by atoms with Gasteiger partial charge in [0.15, 0.2) is 0 Å². The van der Waals surface area contributed by atoms with Crippen LogP contribution in [0.25, 0.3) is 10.2 Å². The average molecular weight is 411 g/mol. The second kappa shape index (κ2) is 7.81. The van der Waals surface area contributed by atoms with Gasteiger partial charge in [-0.2, -0.15) is 5.26 Å². The molecule has 0 aliphatic carbocycles. The van der Waals surface area contributed by atoms with E-state index >= 15 is 0 Å². The van der Waals surface area contributed by atoms with Crippen LogP contribution in [0.1, 0.15) is 23.2 Å². The van der Waals surface area contributed by atoms with Crippen LogP contribution >= 0.6 is 11.3 Å². The van der Waals surface area contributed by atoms with Crippen LogP contribution in [0.15, 0.2) is 27.8 Å². The molecule has 150 valence electrons. The topological polar surface area (TPSA) is 98.0 Å². The predicted octanol–water partition coefficient (Wildman–Crippen LogP) is 1.67. The number of H-pyrrole nitrogens is 1. The molecule has 0 saturated carbocycles. The van der Waals surface area contributed by atoms with E-state index in [4.69, 9.17) is 5.26 Å². The van der Waals surface area contributed by atoms with E-state index in [1.54, 1.807) is 13.0 Å². The lowest BCUT2D eigenvalue weighted by molar-refractivity contribution is 0.252. The molecule has 3 aromatic heterocycles. The smallest absolute Gasteiger partial charge is 0.328 e. The standard InChI is InChI=1S/C20H22N6O2S/c1-3-26-19(27)18-16(23-20(26)28)10-15(29-18)12-24-6-8-25(9-7-24)17-5-4-14(11-21)22-13(17)2/h4-5,10H,3,6-9,12H2,1-2H3,(H,23,28). The van der Waals surface area contributed by atoms with Gasteiger partial charge in [-0.3, -0.25) is 14.3 Å². The summed E-state index contributed by atoms with van der Waals surface area (Å²) in [6.45, 7) is 8.38. The molecule has 9 heteroatoms. The van der Waals surface area contributed by atoms with Crippen LogP contribution in [-0.4, -0.2) is 45.6 Å². The summed E-state index contributed by atoms with van der Waals surface area (Å²) in [6.07, 6.45) is 0. The maximum atomic E-state index is 12.5. The summed E-state index contributed by atoms with van der Waals surface area (Å²) < 4.78 is 1.84. The number of piperazine rings is 1. The Bertz CT molecular complexity index is 1210.